The van der Waals surface area contributed by atoms with Gasteiger partial charge in [0, 0.05) is 10.8 Å². The standard InChI is InChI=1S/C5H10N2O3/c1-2-5(3-6-8)4-7(9)10/h5H,2-4H2,1H3. The molecule has 0 aromatic carbocycles. The van der Waals surface area contributed by atoms with E-state index in [1.165, 1.54) is 0 Å². The fourth-order valence-electron chi connectivity index (χ4n) is 0.632. The number of nitroso groups, excluding NO2 is 1. The van der Waals surface area contributed by atoms with Gasteiger partial charge >= 0.3 is 0 Å². The van der Waals surface area contributed by atoms with E-state index in [-0.39, 0.29) is 19.0 Å². The first-order chi connectivity index (χ1) is 4.70. The predicted molar refractivity (Wildman–Crippen MR) is 36.3 cm³/mol. The van der Waals surface area contributed by atoms with E-state index in [1.807, 2.05) is 0 Å². The third-order valence-corrected chi connectivity index (χ3v) is 1.32. The normalized spacial score (nSPS) is 12.5. The van der Waals surface area contributed by atoms with Gasteiger partial charge < -0.3 is 0 Å². The van der Waals surface area contributed by atoms with Gasteiger partial charge in [0.2, 0.25) is 6.54 Å². The Balaban J connectivity index is 3.59. The monoisotopic (exact) mass is 146 g/mol. The molecule has 0 heterocycles. The van der Waals surface area contributed by atoms with Crippen LogP contribution in [0.25, 0.3) is 0 Å². The van der Waals surface area contributed by atoms with E-state index in [9.17, 15) is 15.0 Å². The second-order valence-electron chi connectivity index (χ2n) is 2.10. The molecule has 5 nitrogen and oxygen atoms in total. The summed E-state index contributed by atoms with van der Waals surface area (Å²) in [6.07, 6.45) is 0.632. The van der Waals surface area contributed by atoms with Gasteiger partial charge in [0.1, 0.15) is 0 Å². The molecule has 5 heteroatoms. The maximum Gasteiger partial charge on any atom is 0.208 e. The van der Waals surface area contributed by atoms with E-state index in [2.05, 4.69) is 5.18 Å². The minimum absolute atomic E-state index is 0.0531. The Hall–Kier alpha value is -1.00. The fourth-order valence-corrected chi connectivity index (χ4v) is 0.632. The molecule has 10 heavy (non-hydrogen) atoms. The van der Waals surface area contributed by atoms with Crippen LogP contribution >= 0.6 is 0 Å². The van der Waals surface area contributed by atoms with Gasteiger partial charge in [-0.3, -0.25) is 10.1 Å². The maximum absolute atomic E-state index is 9.91. The van der Waals surface area contributed by atoms with Crippen LogP contribution in [0.15, 0.2) is 5.18 Å². The van der Waals surface area contributed by atoms with Crippen LogP contribution in [0.4, 0.5) is 0 Å². The predicted octanol–water partition coefficient (Wildman–Crippen LogP) is 1.06. The van der Waals surface area contributed by atoms with E-state index in [0.717, 1.165) is 0 Å². The van der Waals surface area contributed by atoms with Crippen molar-refractivity contribution in [3.05, 3.63) is 15.0 Å². The molecule has 0 saturated carbocycles. The van der Waals surface area contributed by atoms with Crippen molar-refractivity contribution in [2.45, 2.75) is 13.3 Å². The smallest absolute Gasteiger partial charge is 0.208 e. The zero-order chi connectivity index (χ0) is 7.98. The van der Waals surface area contributed by atoms with Gasteiger partial charge in [-0.2, -0.15) is 4.91 Å². The molecule has 0 rings (SSSR count). The lowest BCUT2D eigenvalue weighted by Gasteiger charge is -2.02. The molecule has 0 saturated heterocycles. The van der Waals surface area contributed by atoms with Gasteiger partial charge in [-0.15, -0.1) is 0 Å². The molecule has 0 radical (unpaired) electrons. The molecule has 0 spiro atoms. The highest BCUT2D eigenvalue weighted by Crippen LogP contribution is 2.02. The molecule has 1 unspecified atom stereocenters. The minimum Gasteiger partial charge on any atom is -0.265 e. The largest absolute Gasteiger partial charge is 0.265 e. The first-order valence-electron chi connectivity index (χ1n) is 3.11. The lowest BCUT2D eigenvalue weighted by Crippen LogP contribution is -2.15. The third-order valence-electron chi connectivity index (χ3n) is 1.32. The van der Waals surface area contributed by atoms with Crippen molar-refractivity contribution in [3.63, 3.8) is 0 Å². The summed E-state index contributed by atoms with van der Waals surface area (Å²) < 4.78 is 0. The van der Waals surface area contributed by atoms with Crippen LogP contribution in [-0.2, 0) is 0 Å². The van der Waals surface area contributed by atoms with Crippen LogP contribution in [0.3, 0.4) is 0 Å². The number of hydrogen-bond acceptors (Lipinski definition) is 4. The van der Waals surface area contributed by atoms with Gasteiger partial charge in [-0.05, 0) is 6.42 Å². The summed E-state index contributed by atoms with van der Waals surface area (Å²) >= 11 is 0. The second-order valence-corrected chi connectivity index (χ2v) is 2.10. The van der Waals surface area contributed by atoms with Crippen molar-refractivity contribution < 1.29 is 4.92 Å². The summed E-state index contributed by atoms with van der Waals surface area (Å²) in [5.41, 5.74) is 0. The van der Waals surface area contributed by atoms with Crippen molar-refractivity contribution in [1.29, 1.82) is 0 Å². The zero-order valence-electron chi connectivity index (χ0n) is 5.82. The van der Waals surface area contributed by atoms with Crippen molar-refractivity contribution in [2.24, 2.45) is 11.1 Å². The van der Waals surface area contributed by atoms with Crippen molar-refractivity contribution >= 4 is 0 Å². The Morgan fingerprint density at radius 1 is 1.70 bits per heavy atom. The molecule has 58 valence electrons. The van der Waals surface area contributed by atoms with Gasteiger partial charge in [-0.25, -0.2) is 0 Å². The topological polar surface area (TPSA) is 72.6 Å². The molecule has 1 atom stereocenters. The molecule has 0 N–H and O–H groups in total. The Kier molecular flexibility index (Phi) is 4.36. The fraction of sp³-hybridized carbons (Fsp3) is 1.00. The third kappa shape index (κ3) is 3.94. The van der Waals surface area contributed by atoms with E-state index in [4.69, 9.17) is 0 Å². The minimum atomic E-state index is -0.417. The summed E-state index contributed by atoms with van der Waals surface area (Å²) in [7, 11) is 0. The van der Waals surface area contributed by atoms with E-state index < -0.39 is 4.92 Å². The van der Waals surface area contributed by atoms with Gasteiger partial charge in [0.25, 0.3) is 0 Å². The molecule has 0 aromatic heterocycles. The average molecular weight is 146 g/mol. The highest BCUT2D eigenvalue weighted by Gasteiger charge is 2.12. The van der Waals surface area contributed by atoms with Crippen LogP contribution in [0.1, 0.15) is 13.3 Å². The number of rotatable bonds is 5. The summed E-state index contributed by atoms with van der Waals surface area (Å²) in [6.45, 7) is 1.71. The molecular weight excluding hydrogens is 136 g/mol. The number of nitrogens with zero attached hydrogens (tertiary/aromatic N) is 2. The summed E-state index contributed by atoms with van der Waals surface area (Å²) in [4.78, 5) is 19.2. The molecule has 0 aromatic rings. The van der Waals surface area contributed by atoms with Crippen molar-refractivity contribution in [3.8, 4) is 0 Å². The number of hydrogen-bond donors (Lipinski definition) is 0. The molecule has 0 fully saturated rings. The van der Waals surface area contributed by atoms with Crippen LogP contribution < -0.4 is 0 Å². The zero-order valence-corrected chi connectivity index (χ0v) is 5.82. The maximum atomic E-state index is 9.91. The Bertz CT molecular complexity index is 126. The van der Waals surface area contributed by atoms with Crippen LogP contribution in [0.5, 0.6) is 0 Å². The molecule has 0 aliphatic rings. The Morgan fingerprint density at radius 3 is 2.60 bits per heavy atom. The Labute approximate surface area is 58.5 Å². The first-order valence-corrected chi connectivity index (χ1v) is 3.11. The van der Waals surface area contributed by atoms with Crippen LogP contribution in [-0.4, -0.2) is 18.0 Å². The second kappa shape index (κ2) is 4.84. The van der Waals surface area contributed by atoms with Gasteiger partial charge in [0.15, 0.2) is 0 Å². The number of nitro groups is 1. The summed E-state index contributed by atoms with van der Waals surface area (Å²) in [5, 5.41) is 12.5. The first kappa shape index (κ1) is 9.00. The van der Waals surface area contributed by atoms with Crippen molar-refractivity contribution in [2.75, 3.05) is 13.1 Å². The quantitative estimate of drug-likeness (QED) is 0.330. The van der Waals surface area contributed by atoms with Crippen LogP contribution in [0, 0.1) is 20.9 Å². The molecule has 0 amide bonds. The van der Waals surface area contributed by atoms with Gasteiger partial charge in [-0.1, -0.05) is 12.1 Å². The molecule has 0 aliphatic heterocycles. The van der Waals surface area contributed by atoms with E-state index in [1.54, 1.807) is 6.92 Å². The Morgan fingerprint density at radius 2 is 2.30 bits per heavy atom. The van der Waals surface area contributed by atoms with Crippen LogP contribution in [0.2, 0.25) is 0 Å². The van der Waals surface area contributed by atoms with Gasteiger partial charge in [0.05, 0.1) is 6.54 Å². The summed E-state index contributed by atoms with van der Waals surface area (Å²) in [5.74, 6) is -0.188. The highest BCUT2D eigenvalue weighted by atomic mass is 16.6. The summed E-state index contributed by atoms with van der Waals surface area (Å²) in [6, 6.07) is 0. The average Bonchev–Trinajstić information content (AvgIpc) is 1.86. The lowest BCUT2D eigenvalue weighted by molar-refractivity contribution is -0.487. The van der Waals surface area contributed by atoms with E-state index >= 15 is 0 Å². The molecule has 0 aliphatic carbocycles. The molecular formula is C5H10N2O3. The highest BCUT2D eigenvalue weighted by molar-refractivity contribution is 4.57. The van der Waals surface area contributed by atoms with Crippen molar-refractivity contribution in [1.82, 2.24) is 0 Å². The SMILES string of the molecule is CCC(CN=O)C[N+](=O)[O-]. The lowest BCUT2D eigenvalue weighted by atomic mass is 10.1. The van der Waals surface area contributed by atoms with E-state index in [0.29, 0.717) is 6.42 Å². The molecule has 0 bridgehead atoms.